The van der Waals surface area contributed by atoms with Crippen LogP contribution in [0.1, 0.15) is 31.7 Å². The number of aliphatic imine (C=N–C) groups is 2. The molecule has 1 unspecified atom stereocenters. The Labute approximate surface area is 113 Å². The van der Waals surface area contributed by atoms with E-state index >= 15 is 0 Å². The molecular weight excluding hydrogens is 238 g/mol. The van der Waals surface area contributed by atoms with Crippen LogP contribution in [0.5, 0.6) is 0 Å². The van der Waals surface area contributed by atoms with E-state index in [1.54, 1.807) is 6.92 Å². The van der Waals surface area contributed by atoms with Gasteiger partial charge in [0.15, 0.2) is 0 Å². The molecule has 100 valence electrons. The summed E-state index contributed by atoms with van der Waals surface area (Å²) in [5.41, 5.74) is 0.366. The zero-order valence-corrected chi connectivity index (χ0v) is 11.2. The molecule has 0 aromatic heterocycles. The highest BCUT2D eigenvalue weighted by Gasteiger charge is 2.35. The Morgan fingerprint density at radius 2 is 1.79 bits per heavy atom. The van der Waals surface area contributed by atoms with Crippen molar-refractivity contribution < 1.29 is 5.11 Å². The van der Waals surface area contributed by atoms with Crippen LogP contribution in [0, 0.1) is 0 Å². The number of benzene rings is 1. The van der Waals surface area contributed by atoms with Gasteiger partial charge in [-0.05, 0) is 26.2 Å². The largest absolute Gasteiger partial charge is 0.364 e. The molecule has 4 nitrogen and oxygen atoms in total. The number of likely N-dealkylation sites (tertiary alicyclic amines) is 1. The summed E-state index contributed by atoms with van der Waals surface area (Å²) >= 11 is 0. The van der Waals surface area contributed by atoms with Gasteiger partial charge in [0, 0.05) is 18.7 Å². The number of piperidine rings is 1. The Morgan fingerprint density at radius 3 is 2.47 bits per heavy atom. The summed E-state index contributed by atoms with van der Waals surface area (Å²) in [5.74, 6) is 0.684. The number of aliphatic hydroxyl groups is 1. The number of rotatable bonds is 1. The molecule has 0 spiro atoms. The second-order valence-corrected chi connectivity index (χ2v) is 5.31. The van der Waals surface area contributed by atoms with Crippen LogP contribution in [0.25, 0.3) is 0 Å². The molecule has 1 N–H and O–H groups in total. The van der Waals surface area contributed by atoms with E-state index in [0.29, 0.717) is 11.7 Å². The van der Waals surface area contributed by atoms with E-state index < -0.39 is 5.72 Å². The first kappa shape index (κ1) is 12.4. The maximum absolute atomic E-state index is 10.5. The van der Waals surface area contributed by atoms with E-state index in [4.69, 9.17) is 0 Å². The second kappa shape index (κ2) is 4.78. The third-order valence-corrected chi connectivity index (χ3v) is 3.66. The lowest BCUT2D eigenvalue weighted by Crippen LogP contribution is -2.34. The monoisotopic (exact) mass is 257 g/mol. The number of nitrogens with zero attached hydrogens (tertiary/aromatic N) is 3. The van der Waals surface area contributed by atoms with Crippen LogP contribution in [-0.4, -0.2) is 40.5 Å². The highest BCUT2D eigenvalue weighted by Crippen LogP contribution is 2.24. The van der Waals surface area contributed by atoms with Crippen molar-refractivity contribution in [2.24, 2.45) is 9.98 Å². The third-order valence-electron chi connectivity index (χ3n) is 3.66. The summed E-state index contributed by atoms with van der Waals surface area (Å²) in [7, 11) is 0. The first-order valence-electron chi connectivity index (χ1n) is 6.88. The molecule has 1 atom stereocenters. The van der Waals surface area contributed by atoms with Gasteiger partial charge < -0.3 is 10.0 Å². The summed E-state index contributed by atoms with van der Waals surface area (Å²) < 4.78 is 0. The highest BCUT2D eigenvalue weighted by atomic mass is 16.3. The summed E-state index contributed by atoms with van der Waals surface area (Å²) in [4.78, 5) is 11.1. The van der Waals surface area contributed by atoms with E-state index in [-0.39, 0.29) is 0 Å². The molecule has 3 rings (SSSR count). The van der Waals surface area contributed by atoms with Gasteiger partial charge in [-0.15, -0.1) is 0 Å². The van der Waals surface area contributed by atoms with Crippen molar-refractivity contribution in [3.05, 3.63) is 35.9 Å². The minimum Gasteiger partial charge on any atom is -0.364 e. The van der Waals surface area contributed by atoms with E-state index in [9.17, 15) is 5.11 Å². The summed E-state index contributed by atoms with van der Waals surface area (Å²) in [6.07, 6.45) is 3.63. The third kappa shape index (κ3) is 2.40. The summed E-state index contributed by atoms with van der Waals surface area (Å²) in [5, 5.41) is 10.5. The lowest BCUT2D eigenvalue weighted by molar-refractivity contribution is 0.145. The molecule has 0 amide bonds. The average Bonchev–Trinajstić information content (AvgIpc) is 2.77. The van der Waals surface area contributed by atoms with Crippen LogP contribution < -0.4 is 0 Å². The molecule has 2 aliphatic rings. The predicted molar refractivity (Wildman–Crippen MR) is 76.5 cm³/mol. The van der Waals surface area contributed by atoms with E-state index in [1.165, 1.54) is 19.3 Å². The first-order valence-corrected chi connectivity index (χ1v) is 6.88. The van der Waals surface area contributed by atoms with Gasteiger partial charge >= 0.3 is 0 Å². The Kier molecular flexibility index (Phi) is 3.11. The Morgan fingerprint density at radius 1 is 1.11 bits per heavy atom. The van der Waals surface area contributed by atoms with Gasteiger partial charge in [-0.1, -0.05) is 30.3 Å². The van der Waals surface area contributed by atoms with Crippen molar-refractivity contribution >= 4 is 11.7 Å². The topological polar surface area (TPSA) is 48.2 Å². The fraction of sp³-hybridized carbons (Fsp3) is 0.467. The smallest absolute Gasteiger partial charge is 0.224 e. The number of hydrogen-bond donors (Lipinski definition) is 1. The lowest BCUT2D eigenvalue weighted by atomic mass is 10.0. The van der Waals surface area contributed by atoms with Gasteiger partial charge in [0.1, 0.15) is 5.71 Å². The second-order valence-electron chi connectivity index (χ2n) is 5.31. The summed E-state index contributed by atoms with van der Waals surface area (Å²) in [6, 6.07) is 9.78. The molecule has 2 heterocycles. The molecule has 0 bridgehead atoms. The van der Waals surface area contributed by atoms with Crippen molar-refractivity contribution in [1.82, 2.24) is 4.90 Å². The molecule has 1 aromatic rings. The molecule has 1 aromatic carbocycles. The first-order chi connectivity index (χ1) is 9.17. The minimum atomic E-state index is -1.21. The van der Waals surface area contributed by atoms with Gasteiger partial charge in [-0.25, -0.2) is 9.98 Å². The lowest BCUT2D eigenvalue weighted by Gasteiger charge is -2.26. The molecule has 19 heavy (non-hydrogen) atoms. The van der Waals surface area contributed by atoms with Gasteiger partial charge in [-0.2, -0.15) is 0 Å². The summed E-state index contributed by atoms with van der Waals surface area (Å²) in [6.45, 7) is 3.68. The molecule has 2 aliphatic heterocycles. The quantitative estimate of drug-likeness (QED) is 0.837. The van der Waals surface area contributed by atoms with E-state index in [1.807, 2.05) is 30.3 Å². The Bertz CT molecular complexity index is 513. The fourth-order valence-corrected chi connectivity index (χ4v) is 2.65. The van der Waals surface area contributed by atoms with Crippen LogP contribution in [0.4, 0.5) is 0 Å². The fourth-order valence-electron chi connectivity index (χ4n) is 2.65. The SMILES string of the molecule is CC1(O)N=C(N2CCCCC2)N=C1c1ccccc1. The molecule has 0 aliphatic carbocycles. The van der Waals surface area contributed by atoms with Crippen LogP contribution in [-0.2, 0) is 0 Å². The van der Waals surface area contributed by atoms with Gasteiger partial charge in [0.25, 0.3) is 0 Å². The van der Waals surface area contributed by atoms with Gasteiger partial charge in [-0.3, -0.25) is 0 Å². The van der Waals surface area contributed by atoms with Crippen molar-refractivity contribution in [3.63, 3.8) is 0 Å². The molecule has 4 heteroatoms. The predicted octanol–water partition coefficient (Wildman–Crippen LogP) is 2.04. The van der Waals surface area contributed by atoms with Crippen molar-refractivity contribution in [2.45, 2.75) is 31.9 Å². The maximum atomic E-state index is 10.5. The van der Waals surface area contributed by atoms with Crippen LogP contribution >= 0.6 is 0 Å². The molecular formula is C15H19N3O. The highest BCUT2D eigenvalue weighted by molar-refractivity contribution is 6.15. The Balaban J connectivity index is 1.90. The zero-order valence-electron chi connectivity index (χ0n) is 11.2. The average molecular weight is 257 g/mol. The van der Waals surface area contributed by atoms with Crippen LogP contribution in [0.15, 0.2) is 40.3 Å². The maximum Gasteiger partial charge on any atom is 0.224 e. The van der Waals surface area contributed by atoms with E-state index in [0.717, 1.165) is 18.7 Å². The van der Waals surface area contributed by atoms with Crippen molar-refractivity contribution in [3.8, 4) is 0 Å². The van der Waals surface area contributed by atoms with Gasteiger partial charge in [0.05, 0.1) is 0 Å². The number of hydrogen-bond acceptors (Lipinski definition) is 4. The number of guanidine groups is 1. The molecule has 0 saturated carbocycles. The standard InChI is InChI=1S/C15H19N3O/c1-15(19)13(12-8-4-2-5-9-12)16-14(17-15)18-10-6-3-7-11-18/h2,4-5,8-9,19H,3,6-7,10-11H2,1H3. The van der Waals surface area contributed by atoms with Crippen molar-refractivity contribution in [1.29, 1.82) is 0 Å². The van der Waals surface area contributed by atoms with Crippen LogP contribution in [0.2, 0.25) is 0 Å². The zero-order chi connectivity index (χ0) is 13.3. The van der Waals surface area contributed by atoms with E-state index in [2.05, 4.69) is 14.9 Å². The molecule has 1 fully saturated rings. The molecule has 1 saturated heterocycles. The van der Waals surface area contributed by atoms with Crippen molar-refractivity contribution in [2.75, 3.05) is 13.1 Å². The Hall–Kier alpha value is -1.68. The molecule has 0 radical (unpaired) electrons. The van der Waals surface area contributed by atoms with Crippen LogP contribution in [0.3, 0.4) is 0 Å². The minimum absolute atomic E-state index is 0.647. The van der Waals surface area contributed by atoms with Gasteiger partial charge in [0.2, 0.25) is 11.7 Å². The normalized spacial score (nSPS) is 27.2.